The van der Waals surface area contributed by atoms with Crippen LogP contribution in [0.2, 0.25) is 0 Å². The van der Waals surface area contributed by atoms with Gasteiger partial charge in [-0.2, -0.15) is 0 Å². The van der Waals surface area contributed by atoms with Crippen molar-refractivity contribution in [3.63, 3.8) is 0 Å². The van der Waals surface area contributed by atoms with Gasteiger partial charge >= 0.3 is 0 Å². The van der Waals surface area contributed by atoms with Gasteiger partial charge in [-0.25, -0.2) is 9.13 Å². The summed E-state index contributed by atoms with van der Waals surface area (Å²) in [5.74, 6) is 0. The smallest absolute Gasteiger partial charge is 0.237 e. The summed E-state index contributed by atoms with van der Waals surface area (Å²) < 4.78 is 4.57. The van der Waals surface area contributed by atoms with Crippen LogP contribution < -0.4 is 4.57 Å². The van der Waals surface area contributed by atoms with Crippen molar-refractivity contribution in [3.05, 3.63) is 17.7 Å². The van der Waals surface area contributed by atoms with Gasteiger partial charge in [-0.05, 0) is 12.8 Å². The molecule has 1 rings (SSSR count). The predicted octanol–water partition coefficient (Wildman–Crippen LogP) is 2.51. The van der Waals surface area contributed by atoms with Gasteiger partial charge in [0.2, 0.25) is 6.33 Å². The highest BCUT2D eigenvalue weighted by Crippen LogP contribution is 2.06. The Labute approximate surface area is 87.6 Å². The van der Waals surface area contributed by atoms with Crippen molar-refractivity contribution < 1.29 is 4.57 Å². The molecule has 1 heterocycles. The molecule has 1 aromatic heterocycles. The Morgan fingerprint density at radius 3 is 2.43 bits per heavy atom. The van der Waals surface area contributed by atoms with Crippen LogP contribution in [0.4, 0.5) is 0 Å². The molecule has 0 saturated heterocycles. The van der Waals surface area contributed by atoms with Crippen molar-refractivity contribution in [2.75, 3.05) is 0 Å². The average Bonchev–Trinajstić information content (AvgIpc) is 2.41. The third kappa shape index (κ3) is 2.60. The number of nitrogens with zero attached hydrogens (tertiary/aromatic N) is 2. The standard InChI is InChI=1S/C12H23N2/c1-5-6-7-8-9-14-10-13(4)11(2)12(14)3/h10H,5-9H2,1-4H3/q+1. The largest absolute Gasteiger partial charge is 0.243 e. The predicted molar refractivity (Wildman–Crippen MR) is 59.2 cm³/mol. The molecule has 0 aliphatic heterocycles. The molecule has 0 N–H and O–H groups in total. The lowest BCUT2D eigenvalue weighted by molar-refractivity contribution is -0.677. The highest BCUT2D eigenvalue weighted by molar-refractivity contribution is 5.02. The Hall–Kier alpha value is -0.790. The molecule has 80 valence electrons. The number of hydrogen-bond donors (Lipinski definition) is 0. The first kappa shape index (κ1) is 11.3. The SMILES string of the molecule is CCCCCCn1c[n+](C)c(C)c1C. The quantitative estimate of drug-likeness (QED) is 0.504. The van der Waals surface area contributed by atoms with Crippen LogP contribution in [-0.2, 0) is 13.6 Å². The number of imidazole rings is 1. The second-order valence-corrected chi connectivity index (χ2v) is 4.15. The maximum absolute atomic E-state index is 2.37. The van der Waals surface area contributed by atoms with Gasteiger partial charge in [0.1, 0.15) is 11.4 Å². The van der Waals surface area contributed by atoms with Crippen molar-refractivity contribution in [1.82, 2.24) is 4.57 Å². The molecular weight excluding hydrogens is 172 g/mol. The van der Waals surface area contributed by atoms with Crippen molar-refractivity contribution in [1.29, 1.82) is 0 Å². The molecule has 0 saturated carbocycles. The molecule has 0 fully saturated rings. The van der Waals surface area contributed by atoms with Crippen LogP contribution in [0.1, 0.15) is 44.0 Å². The van der Waals surface area contributed by atoms with Crippen LogP contribution in [0, 0.1) is 13.8 Å². The lowest BCUT2D eigenvalue weighted by Gasteiger charge is -1.98. The topological polar surface area (TPSA) is 8.81 Å². The van der Waals surface area contributed by atoms with E-state index in [9.17, 15) is 0 Å². The molecule has 0 amide bonds. The Morgan fingerprint density at radius 2 is 1.93 bits per heavy atom. The molecule has 0 unspecified atom stereocenters. The van der Waals surface area contributed by atoms with Crippen molar-refractivity contribution in [2.45, 2.75) is 53.0 Å². The van der Waals surface area contributed by atoms with Crippen molar-refractivity contribution >= 4 is 0 Å². The number of hydrogen-bond acceptors (Lipinski definition) is 0. The van der Waals surface area contributed by atoms with Gasteiger partial charge in [0.25, 0.3) is 0 Å². The Kier molecular flexibility index (Phi) is 4.18. The highest BCUT2D eigenvalue weighted by atomic mass is 15.1. The molecule has 0 bridgehead atoms. The fraction of sp³-hybridized carbons (Fsp3) is 0.750. The van der Waals surface area contributed by atoms with Crippen LogP contribution in [-0.4, -0.2) is 4.57 Å². The fourth-order valence-electron chi connectivity index (χ4n) is 1.78. The number of unbranched alkanes of at least 4 members (excludes halogenated alkanes) is 3. The van der Waals surface area contributed by atoms with E-state index in [1.807, 2.05) is 0 Å². The molecule has 14 heavy (non-hydrogen) atoms. The summed E-state index contributed by atoms with van der Waals surface area (Å²) in [6.07, 6.45) is 7.55. The summed E-state index contributed by atoms with van der Waals surface area (Å²) >= 11 is 0. The average molecular weight is 195 g/mol. The van der Waals surface area contributed by atoms with E-state index in [1.54, 1.807) is 0 Å². The van der Waals surface area contributed by atoms with Crippen LogP contribution >= 0.6 is 0 Å². The zero-order chi connectivity index (χ0) is 10.6. The normalized spacial score (nSPS) is 10.9. The lowest BCUT2D eigenvalue weighted by Crippen LogP contribution is -2.28. The summed E-state index contributed by atoms with van der Waals surface area (Å²) in [4.78, 5) is 0. The molecule has 0 radical (unpaired) electrons. The van der Waals surface area contributed by atoms with Crippen LogP contribution in [0.15, 0.2) is 6.33 Å². The third-order valence-electron chi connectivity index (χ3n) is 3.05. The van der Waals surface area contributed by atoms with Crippen molar-refractivity contribution in [3.8, 4) is 0 Å². The van der Waals surface area contributed by atoms with Crippen LogP contribution in [0.25, 0.3) is 0 Å². The van der Waals surface area contributed by atoms with E-state index < -0.39 is 0 Å². The van der Waals surface area contributed by atoms with Crippen molar-refractivity contribution in [2.24, 2.45) is 7.05 Å². The van der Waals surface area contributed by atoms with E-state index in [1.165, 1.54) is 43.6 Å². The fourth-order valence-corrected chi connectivity index (χ4v) is 1.78. The number of aryl methyl sites for hydroxylation is 2. The Balaban J connectivity index is 2.47. The molecule has 0 atom stereocenters. The maximum atomic E-state index is 2.37. The summed E-state index contributed by atoms with van der Waals surface area (Å²) in [7, 11) is 2.12. The van der Waals surface area contributed by atoms with Gasteiger partial charge in [-0.1, -0.05) is 19.8 Å². The lowest BCUT2D eigenvalue weighted by atomic mass is 10.2. The van der Waals surface area contributed by atoms with Crippen LogP contribution in [0.5, 0.6) is 0 Å². The zero-order valence-electron chi connectivity index (χ0n) is 10.0. The summed E-state index contributed by atoms with van der Waals surface area (Å²) in [5, 5.41) is 0. The molecule has 2 heteroatoms. The molecule has 0 spiro atoms. The van der Waals surface area contributed by atoms with Gasteiger partial charge in [0.15, 0.2) is 0 Å². The van der Waals surface area contributed by atoms with E-state index in [2.05, 4.69) is 43.3 Å². The maximum Gasteiger partial charge on any atom is 0.243 e. The molecule has 2 nitrogen and oxygen atoms in total. The highest BCUT2D eigenvalue weighted by Gasteiger charge is 2.11. The van der Waals surface area contributed by atoms with Gasteiger partial charge in [0.05, 0.1) is 13.6 Å². The zero-order valence-corrected chi connectivity index (χ0v) is 10.0. The molecule has 0 aromatic carbocycles. The molecular formula is C12H23N2+. The van der Waals surface area contributed by atoms with E-state index in [4.69, 9.17) is 0 Å². The van der Waals surface area contributed by atoms with Gasteiger partial charge in [-0.15, -0.1) is 0 Å². The molecule has 0 aliphatic carbocycles. The second-order valence-electron chi connectivity index (χ2n) is 4.15. The van der Waals surface area contributed by atoms with E-state index in [-0.39, 0.29) is 0 Å². The summed E-state index contributed by atoms with van der Waals surface area (Å²) in [5.41, 5.74) is 2.78. The number of aromatic nitrogens is 2. The molecule has 1 aromatic rings. The first-order valence-corrected chi connectivity index (χ1v) is 5.68. The number of rotatable bonds is 5. The minimum absolute atomic E-state index is 1.17. The first-order valence-electron chi connectivity index (χ1n) is 5.68. The Morgan fingerprint density at radius 1 is 1.21 bits per heavy atom. The summed E-state index contributed by atoms with van der Waals surface area (Å²) in [6, 6.07) is 0. The second kappa shape index (κ2) is 5.18. The van der Waals surface area contributed by atoms with Crippen LogP contribution in [0.3, 0.4) is 0 Å². The van der Waals surface area contributed by atoms with E-state index in [0.29, 0.717) is 0 Å². The van der Waals surface area contributed by atoms with E-state index >= 15 is 0 Å². The van der Waals surface area contributed by atoms with Gasteiger partial charge < -0.3 is 0 Å². The minimum atomic E-state index is 1.17. The van der Waals surface area contributed by atoms with E-state index in [0.717, 1.165) is 0 Å². The Bertz CT molecular complexity index is 287. The third-order valence-corrected chi connectivity index (χ3v) is 3.05. The first-order chi connectivity index (χ1) is 6.66. The van der Waals surface area contributed by atoms with Gasteiger partial charge in [-0.3, -0.25) is 0 Å². The van der Waals surface area contributed by atoms with Gasteiger partial charge in [0, 0.05) is 13.8 Å². The monoisotopic (exact) mass is 195 g/mol. The molecule has 0 aliphatic rings. The summed E-state index contributed by atoms with van der Waals surface area (Å²) in [6.45, 7) is 7.81. The minimum Gasteiger partial charge on any atom is -0.237 e.